The molecule has 0 bridgehead atoms. The lowest BCUT2D eigenvalue weighted by atomic mass is 10.1. The number of amides is 1. The Bertz CT molecular complexity index is 1010. The van der Waals surface area contributed by atoms with Crippen LogP contribution in [0.4, 0.5) is 5.69 Å². The molecule has 3 aromatic rings. The van der Waals surface area contributed by atoms with Crippen molar-refractivity contribution in [1.29, 1.82) is 0 Å². The highest BCUT2D eigenvalue weighted by Gasteiger charge is 2.32. The molecule has 1 fully saturated rings. The van der Waals surface area contributed by atoms with E-state index in [4.69, 9.17) is 9.47 Å². The van der Waals surface area contributed by atoms with E-state index >= 15 is 0 Å². The number of benzene rings is 2. The number of nitrogens with zero attached hydrogens (tertiary/aromatic N) is 3. The average Bonchev–Trinajstić information content (AvgIpc) is 3.35. The van der Waals surface area contributed by atoms with Gasteiger partial charge in [-0.2, -0.15) is 5.10 Å². The molecule has 3 heterocycles. The summed E-state index contributed by atoms with van der Waals surface area (Å²) < 4.78 is 13.4. The minimum absolute atomic E-state index is 0.0605. The zero-order valence-electron chi connectivity index (χ0n) is 17.3. The van der Waals surface area contributed by atoms with Gasteiger partial charge in [0.2, 0.25) is 0 Å². The van der Waals surface area contributed by atoms with Crippen molar-refractivity contribution in [2.75, 3.05) is 24.7 Å². The first kappa shape index (κ1) is 19.6. The molecule has 0 radical (unpaired) electrons. The Morgan fingerprint density at radius 2 is 2.00 bits per heavy atom. The number of hydrogen-bond donors (Lipinski definition) is 1. The molecular weight excluding hydrogens is 392 g/mol. The highest BCUT2D eigenvalue weighted by molar-refractivity contribution is 5.83. The SMILES string of the molecule is O=C(NC1CCCOC1)C1CN(Cc2ccc(-n3cccn3)cc2)c2ccccc2O1. The quantitative estimate of drug-likeness (QED) is 0.690. The van der Waals surface area contributed by atoms with Crippen molar-refractivity contribution in [3.63, 3.8) is 0 Å². The first-order chi connectivity index (χ1) is 15.3. The van der Waals surface area contributed by atoms with E-state index in [0.717, 1.165) is 42.1 Å². The number of carbonyl (C=O) groups excluding carboxylic acids is 1. The number of rotatable bonds is 5. The maximum atomic E-state index is 12.9. The van der Waals surface area contributed by atoms with Crippen molar-refractivity contribution < 1.29 is 14.3 Å². The fourth-order valence-electron chi connectivity index (χ4n) is 4.14. The monoisotopic (exact) mass is 418 g/mol. The molecule has 0 saturated carbocycles. The third-order valence-corrected chi connectivity index (χ3v) is 5.74. The first-order valence-corrected chi connectivity index (χ1v) is 10.7. The second-order valence-corrected chi connectivity index (χ2v) is 7.99. The van der Waals surface area contributed by atoms with E-state index in [2.05, 4.69) is 39.6 Å². The molecule has 2 aromatic carbocycles. The van der Waals surface area contributed by atoms with Crippen LogP contribution in [-0.4, -0.2) is 47.6 Å². The second-order valence-electron chi connectivity index (χ2n) is 7.99. The number of nitrogens with one attached hydrogen (secondary N) is 1. The Kier molecular flexibility index (Phi) is 5.58. The van der Waals surface area contributed by atoms with Crippen molar-refractivity contribution in [2.45, 2.75) is 31.5 Å². The van der Waals surface area contributed by atoms with Gasteiger partial charge in [-0.05, 0) is 48.7 Å². The van der Waals surface area contributed by atoms with Gasteiger partial charge >= 0.3 is 0 Å². The molecule has 7 nitrogen and oxygen atoms in total. The Morgan fingerprint density at radius 3 is 2.77 bits per heavy atom. The Balaban J connectivity index is 1.31. The Morgan fingerprint density at radius 1 is 1.13 bits per heavy atom. The van der Waals surface area contributed by atoms with Crippen LogP contribution in [0.15, 0.2) is 67.0 Å². The van der Waals surface area contributed by atoms with E-state index in [1.165, 1.54) is 0 Å². The largest absolute Gasteiger partial charge is 0.477 e. The average molecular weight is 418 g/mol. The van der Waals surface area contributed by atoms with Gasteiger partial charge in [-0.1, -0.05) is 24.3 Å². The van der Waals surface area contributed by atoms with Crippen molar-refractivity contribution in [1.82, 2.24) is 15.1 Å². The summed E-state index contributed by atoms with van der Waals surface area (Å²) in [6.07, 6.45) is 5.05. The van der Waals surface area contributed by atoms with Crippen LogP contribution < -0.4 is 15.0 Å². The lowest BCUT2D eigenvalue weighted by molar-refractivity contribution is -0.129. The fourth-order valence-corrected chi connectivity index (χ4v) is 4.14. The van der Waals surface area contributed by atoms with Crippen LogP contribution >= 0.6 is 0 Å². The number of aromatic nitrogens is 2. The minimum atomic E-state index is -0.555. The van der Waals surface area contributed by atoms with Crippen molar-refractivity contribution >= 4 is 11.6 Å². The number of hydrogen-bond acceptors (Lipinski definition) is 5. The molecule has 0 spiro atoms. The number of fused-ring (bicyclic) bond motifs is 1. The maximum absolute atomic E-state index is 12.9. The van der Waals surface area contributed by atoms with E-state index in [1.54, 1.807) is 6.20 Å². The smallest absolute Gasteiger partial charge is 0.263 e. The van der Waals surface area contributed by atoms with Gasteiger partial charge in [-0.3, -0.25) is 4.79 Å². The molecule has 2 aliphatic rings. The summed E-state index contributed by atoms with van der Waals surface area (Å²) in [6, 6.07) is 18.2. The maximum Gasteiger partial charge on any atom is 0.263 e. The fraction of sp³-hybridized carbons (Fsp3) is 0.333. The van der Waals surface area contributed by atoms with Gasteiger partial charge in [0.25, 0.3) is 5.91 Å². The summed E-state index contributed by atoms with van der Waals surface area (Å²) in [7, 11) is 0. The molecule has 2 unspecified atom stereocenters. The van der Waals surface area contributed by atoms with Gasteiger partial charge in [0.05, 0.1) is 30.6 Å². The minimum Gasteiger partial charge on any atom is -0.477 e. The van der Waals surface area contributed by atoms with Crippen molar-refractivity contribution in [2.24, 2.45) is 0 Å². The van der Waals surface area contributed by atoms with E-state index in [9.17, 15) is 4.79 Å². The molecule has 1 amide bonds. The molecule has 7 heteroatoms. The predicted molar refractivity (Wildman–Crippen MR) is 117 cm³/mol. The zero-order valence-corrected chi connectivity index (χ0v) is 17.3. The van der Waals surface area contributed by atoms with Gasteiger partial charge in [-0.25, -0.2) is 4.68 Å². The van der Waals surface area contributed by atoms with E-state index in [-0.39, 0.29) is 11.9 Å². The number of carbonyl (C=O) groups is 1. The topological polar surface area (TPSA) is 68.6 Å². The summed E-state index contributed by atoms with van der Waals surface area (Å²) in [5.74, 6) is 0.658. The molecule has 5 rings (SSSR count). The molecule has 0 aliphatic carbocycles. The van der Waals surface area contributed by atoms with Gasteiger partial charge in [0.1, 0.15) is 5.75 Å². The molecular formula is C24H26N4O3. The third-order valence-electron chi connectivity index (χ3n) is 5.74. The van der Waals surface area contributed by atoms with Crippen LogP contribution in [0.2, 0.25) is 0 Å². The molecule has 160 valence electrons. The highest BCUT2D eigenvalue weighted by atomic mass is 16.5. The molecule has 1 N–H and O–H groups in total. The predicted octanol–water partition coefficient (Wildman–Crippen LogP) is 2.94. The van der Waals surface area contributed by atoms with Gasteiger partial charge < -0.3 is 19.7 Å². The van der Waals surface area contributed by atoms with Crippen LogP contribution in [0.1, 0.15) is 18.4 Å². The van der Waals surface area contributed by atoms with Crippen LogP contribution in [0.25, 0.3) is 5.69 Å². The normalized spacial score (nSPS) is 20.6. The van der Waals surface area contributed by atoms with Gasteiger partial charge in [0.15, 0.2) is 6.10 Å². The Hall–Kier alpha value is -3.32. The second kappa shape index (κ2) is 8.81. The summed E-state index contributed by atoms with van der Waals surface area (Å²) in [6.45, 7) is 2.53. The molecule has 2 atom stereocenters. The molecule has 1 saturated heterocycles. The van der Waals surface area contributed by atoms with E-state index < -0.39 is 6.10 Å². The van der Waals surface area contributed by atoms with Crippen LogP contribution in [0, 0.1) is 0 Å². The lowest BCUT2D eigenvalue weighted by Gasteiger charge is -2.36. The Labute approximate surface area is 181 Å². The van der Waals surface area contributed by atoms with Crippen LogP contribution in [0.5, 0.6) is 5.75 Å². The number of para-hydroxylation sites is 2. The summed E-state index contributed by atoms with van der Waals surface area (Å²) >= 11 is 0. The first-order valence-electron chi connectivity index (χ1n) is 10.7. The van der Waals surface area contributed by atoms with Gasteiger partial charge in [0, 0.05) is 25.5 Å². The molecule has 31 heavy (non-hydrogen) atoms. The van der Waals surface area contributed by atoms with E-state index in [1.807, 2.05) is 41.2 Å². The molecule has 1 aromatic heterocycles. The number of ether oxygens (including phenoxy) is 2. The van der Waals surface area contributed by atoms with Crippen molar-refractivity contribution in [3.8, 4) is 11.4 Å². The molecule has 2 aliphatic heterocycles. The summed E-state index contributed by atoms with van der Waals surface area (Å²) in [5, 5.41) is 7.38. The number of anilines is 1. The highest BCUT2D eigenvalue weighted by Crippen LogP contribution is 2.34. The standard InChI is InChI=1S/C24H26N4O3/c29-24(26-19-5-3-14-30-17-19)23-16-27(21-6-1-2-7-22(21)31-23)15-18-8-10-20(11-9-18)28-13-4-12-25-28/h1-2,4,6-13,19,23H,3,5,14-17H2,(H,26,29). The van der Waals surface area contributed by atoms with Crippen molar-refractivity contribution in [3.05, 3.63) is 72.6 Å². The van der Waals surface area contributed by atoms with Crippen LogP contribution in [0.3, 0.4) is 0 Å². The summed E-state index contributed by atoms with van der Waals surface area (Å²) in [4.78, 5) is 15.1. The van der Waals surface area contributed by atoms with Crippen LogP contribution in [-0.2, 0) is 16.1 Å². The third kappa shape index (κ3) is 4.41. The van der Waals surface area contributed by atoms with Gasteiger partial charge in [-0.15, -0.1) is 0 Å². The zero-order chi connectivity index (χ0) is 21.0. The van der Waals surface area contributed by atoms with E-state index in [0.29, 0.717) is 19.7 Å². The lowest BCUT2D eigenvalue weighted by Crippen LogP contribution is -2.52. The summed E-state index contributed by atoms with van der Waals surface area (Å²) in [5.41, 5.74) is 3.18.